The minimum absolute atomic E-state index is 0.00276. The fourth-order valence-corrected chi connectivity index (χ4v) is 2.31. The highest BCUT2D eigenvalue weighted by atomic mass is 19.4. The number of hydrogen-bond donors (Lipinski definition) is 2. The lowest BCUT2D eigenvalue weighted by atomic mass is 10.1. The molecule has 0 fully saturated rings. The number of nitrogens with one attached hydrogen (secondary N) is 2. The summed E-state index contributed by atoms with van der Waals surface area (Å²) < 4.78 is 87.3. The summed E-state index contributed by atoms with van der Waals surface area (Å²) in [6.45, 7) is 0. The molecule has 0 saturated carbocycles. The molecule has 0 bridgehead atoms. The van der Waals surface area contributed by atoms with E-state index in [9.17, 15) is 35.9 Å². The SMILES string of the molecule is COc1ccc(OC)c(NC(=O)C(=O)Nc2cc(C(F)(F)F)cc(C(F)(F)F)c2)c1. The van der Waals surface area contributed by atoms with E-state index in [0.717, 1.165) is 0 Å². The molecule has 0 aliphatic carbocycles. The lowest BCUT2D eigenvalue weighted by molar-refractivity contribution is -0.143. The molecule has 0 saturated heterocycles. The third-order valence-corrected chi connectivity index (χ3v) is 3.71. The van der Waals surface area contributed by atoms with Crippen molar-refractivity contribution < 1.29 is 45.4 Å². The van der Waals surface area contributed by atoms with Crippen LogP contribution >= 0.6 is 0 Å². The number of alkyl halides is 6. The molecule has 2 amide bonds. The van der Waals surface area contributed by atoms with Crippen LogP contribution < -0.4 is 20.1 Å². The van der Waals surface area contributed by atoms with E-state index < -0.39 is 41.0 Å². The Morgan fingerprint density at radius 1 is 0.767 bits per heavy atom. The molecule has 2 rings (SSSR count). The van der Waals surface area contributed by atoms with Gasteiger partial charge >= 0.3 is 24.2 Å². The van der Waals surface area contributed by atoms with Crippen molar-refractivity contribution in [2.45, 2.75) is 12.4 Å². The quantitative estimate of drug-likeness (QED) is 0.553. The van der Waals surface area contributed by atoms with Crippen molar-refractivity contribution in [2.75, 3.05) is 24.9 Å². The minimum Gasteiger partial charge on any atom is -0.497 e. The summed E-state index contributed by atoms with van der Waals surface area (Å²) >= 11 is 0. The number of benzene rings is 2. The van der Waals surface area contributed by atoms with Crippen LogP contribution in [0.15, 0.2) is 36.4 Å². The van der Waals surface area contributed by atoms with Gasteiger partial charge in [0.15, 0.2) is 0 Å². The summed E-state index contributed by atoms with van der Waals surface area (Å²) in [5.74, 6) is -2.42. The number of carbonyl (C=O) groups is 2. The highest BCUT2D eigenvalue weighted by molar-refractivity contribution is 6.43. The largest absolute Gasteiger partial charge is 0.497 e. The molecule has 0 aliphatic heterocycles. The molecule has 0 aliphatic rings. The van der Waals surface area contributed by atoms with Crippen molar-refractivity contribution in [3.63, 3.8) is 0 Å². The van der Waals surface area contributed by atoms with Crippen LogP contribution in [0.25, 0.3) is 0 Å². The first-order valence-corrected chi connectivity index (χ1v) is 7.99. The molecular weight excluding hydrogens is 422 g/mol. The molecule has 0 atom stereocenters. The third-order valence-electron chi connectivity index (χ3n) is 3.71. The van der Waals surface area contributed by atoms with Gasteiger partial charge in [-0.25, -0.2) is 0 Å². The van der Waals surface area contributed by atoms with Gasteiger partial charge in [-0.1, -0.05) is 0 Å². The highest BCUT2D eigenvalue weighted by Crippen LogP contribution is 2.37. The summed E-state index contributed by atoms with van der Waals surface area (Å²) in [5, 5.41) is 3.88. The van der Waals surface area contributed by atoms with Crippen molar-refractivity contribution in [3.05, 3.63) is 47.5 Å². The van der Waals surface area contributed by atoms with Crippen LogP contribution in [-0.2, 0) is 21.9 Å². The van der Waals surface area contributed by atoms with Crippen LogP contribution in [0.1, 0.15) is 11.1 Å². The predicted octanol–water partition coefficient (Wildman–Crippen LogP) is 4.32. The van der Waals surface area contributed by atoms with Crippen molar-refractivity contribution in [3.8, 4) is 11.5 Å². The van der Waals surface area contributed by atoms with Crippen molar-refractivity contribution in [1.29, 1.82) is 0 Å². The molecule has 0 aromatic heterocycles. The molecular formula is C18H14F6N2O4. The summed E-state index contributed by atoms with van der Waals surface area (Å²) in [7, 11) is 2.62. The first-order valence-electron chi connectivity index (χ1n) is 7.99. The Morgan fingerprint density at radius 2 is 1.30 bits per heavy atom. The van der Waals surface area contributed by atoms with E-state index in [2.05, 4.69) is 5.32 Å². The van der Waals surface area contributed by atoms with Gasteiger partial charge in [0.2, 0.25) is 0 Å². The van der Waals surface area contributed by atoms with E-state index in [4.69, 9.17) is 9.47 Å². The second-order valence-electron chi connectivity index (χ2n) is 5.77. The van der Waals surface area contributed by atoms with Gasteiger partial charge in [0, 0.05) is 11.8 Å². The minimum atomic E-state index is -5.10. The molecule has 6 nitrogen and oxygen atoms in total. The van der Waals surface area contributed by atoms with E-state index in [-0.39, 0.29) is 29.6 Å². The van der Waals surface area contributed by atoms with Crippen LogP contribution in [-0.4, -0.2) is 26.0 Å². The van der Waals surface area contributed by atoms with Crippen LogP contribution in [0.3, 0.4) is 0 Å². The number of anilines is 2. The molecule has 2 N–H and O–H groups in total. The van der Waals surface area contributed by atoms with E-state index in [1.807, 2.05) is 0 Å². The molecule has 12 heteroatoms. The topological polar surface area (TPSA) is 76.7 Å². The Balaban J connectivity index is 2.28. The van der Waals surface area contributed by atoms with Gasteiger partial charge in [0.05, 0.1) is 31.0 Å². The first-order chi connectivity index (χ1) is 13.8. The van der Waals surface area contributed by atoms with E-state index in [1.165, 1.54) is 32.4 Å². The van der Waals surface area contributed by atoms with Gasteiger partial charge in [-0.3, -0.25) is 9.59 Å². The summed E-state index contributed by atoms with van der Waals surface area (Å²) in [4.78, 5) is 24.1. The second-order valence-corrected chi connectivity index (χ2v) is 5.77. The fourth-order valence-electron chi connectivity index (χ4n) is 2.31. The predicted molar refractivity (Wildman–Crippen MR) is 93.3 cm³/mol. The zero-order chi connectivity index (χ0) is 22.7. The van der Waals surface area contributed by atoms with Gasteiger partial charge in [-0.15, -0.1) is 0 Å². The van der Waals surface area contributed by atoms with Gasteiger partial charge in [0.1, 0.15) is 11.5 Å². The van der Waals surface area contributed by atoms with Crippen molar-refractivity contribution in [2.24, 2.45) is 0 Å². The molecule has 0 spiro atoms. The zero-order valence-corrected chi connectivity index (χ0v) is 15.4. The molecule has 0 heterocycles. The highest BCUT2D eigenvalue weighted by Gasteiger charge is 2.37. The Kier molecular flexibility index (Phi) is 6.48. The molecule has 162 valence electrons. The van der Waals surface area contributed by atoms with Crippen LogP contribution in [0.5, 0.6) is 11.5 Å². The maximum absolute atomic E-state index is 12.9. The molecule has 0 radical (unpaired) electrons. The lowest BCUT2D eigenvalue weighted by Gasteiger charge is -2.15. The Morgan fingerprint density at radius 3 is 1.77 bits per heavy atom. The molecule has 0 unspecified atom stereocenters. The summed E-state index contributed by atoms with van der Waals surface area (Å²) in [6.07, 6.45) is -10.2. The zero-order valence-electron chi connectivity index (χ0n) is 15.4. The number of carbonyl (C=O) groups excluding carboxylic acids is 2. The van der Waals surface area contributed by atoms with E-state index in [0.29, 0.717) is 5.75 Å². The number of amides is 2. The average Bonchev–Trinajstić information content (AvgIpc) is 2.66. The normalized spacial score (nSPS) is 11.6. The van der Waals surface area contributed by atoms with Gasteiger partial charge in [-0.05, 0) is 30.3 Å². The fraction of sp³-hybridized carbons (Fsp3) is 0.222. The van der Waals surface area contributed by atoms with Crippen molar-refractivity contribution in [1.82, 2.24) is 0 Å². The average molecular weight is 436 g/mol. The standard InChI is InChI=1S/C18H14F6N2O4/c1-29-12-3-4-14(30-2)13(8-12)26-16(28)15(27)25-11-6-9(17(19,20)21)5-10(7-11)18(22,23)24/h3-8H,1-2H3,(H,25,27)(H,26,28). The summed E-state index contributed by atoms with van der Waals surface area (Å²) in [6, 6.07) is 4.68. The summed E-state index contributed by atoms with van der Waals surface area (Å²) in [5.41, 5.74) is -4.13. The van der Waals surface area contributed by atoms with Gasteiger partial charge in [0.25, 0.3) is 0 Å². The third kappa shape index (κ3) is 5.55. The van der Waals surface area contributed by atoms with Crippen LogP contribution in [0.2, 0.25) is 0 Å². The maximum atomic E-state index is 12.9. The molecule has 2 aromatic rings. The van der Waals surface area contributed by atoms with Gasteiger partial charge in [-0.2, -0.15) is 26.3 Å². The van der Waals surface area contributed by atoms with Crippen molar-refractivity contribution >= 4 is 23.2 Å². The van der Waals surface area contributed by atoms with Crippen LogP contribution in [0, 0.1) is 0 Å². The number of methoxy groups -OCH3 is 2. The Hall–Kier alpha value is -3.44. The monoisotopic (exact) mass is 436 g/mol. The van der Waals surface area contributed by atoms with E-state index >= 15 is 0 Å². The Labute approximate surface area is 165 Å². The number of ether oxygens (including phenoxy) is 2. The Bertz CT molecular complexity index is 924. The smallest absolute Gasteiger partial charge is 0.416 e. The second kappa shape index (κ2) is 8.51. The van der Waals surface area contributed by atoms with E-state index in [1.54, 1.807) is 5.32 Å². The number of halogens is 6. The van der Waals surface area contributed by atoms with Gasteiger partial charge < -0.3 is 20.1 Å². The molecule has 2 aromatic carbocycles. The number of hydrogen-bond acceptors (Lipinski definition) is 4. The van der Waals surface area contributed by atoms with Crippen LogP contribution in [0.4, 0.5) is 37.7 Å². The molecule has 30 heavy (non-hydrogen) atoms. The maximum Gasteiger partial charge on any atom is 0.416 e. The first kappa shape index (κ1) is 22.8. The number of rotatable bonds is 4. The lowest BCUT2D eigenvalue weighted by Crippen LogP contribution is -2.29.